The highest BCUT2D eigenvalue weighted by Crippen LogP contribution is 2.22. The van der Waals surface area contributed by atoms with Crippen molar-refractivity contribution in [2.75, 3.05) is 0 Å². The first-order valence-corrected chi connectivity index (χ1v) is 11.7. The molecule has 2 atom stereocenters. The third-order valence-corrected chi connectivity index (χ3v) is 6.06. The molecule has 0 nitrogen and oxygen atoms in total. The number of allylic oxidation sites excluding steroid dienone is 2. The Balaban J connectivity index is 2.09. The van der Waals surface area contributed by atoms with Crippen molar-refractivity contribution in [2.24, 2.45) is 17.8 Å². The van der Waals surface area contributed by atoms with Crippen LogP contribution in [0, 0.1) is 17.8 Å². The molecule has 0 saturated heterocycles. The fourth-order valence-corrected chi connectivity index (χ4v) is 3.88. The molecular formula is C26H44S. The molecule has 0 spiro atoms. The summed E-state index contributed by atoms with van der Waals surface area (Å²) in [6.45, 7) is 11.9. The average molecular weight is 389 g/mol. The molecule has 0 aliphatic carbocycles. The quantitative estimate of drug-likeness (QED) is 0.239. The Bertz CT molecular complexity index is 512. The summed E-state index contributed by atoms with van der Waals surface area (Å²) in [6.07, 6.45) is 15.9. The summed E-state index contributed by atoms with van der Waals surface area (Å²) >= 11 is 4.35. The van der Waals surface area contributed by atoms with E-state index in [-0.39, 0.29) is 0 Å². The van der Waals surface area contributed by atoms with Gasteiger partial charge in [0.15, 0.2) is 0 Å². The van der Waals surface area contributed by atoms with Gasteiger partial charge in [-0.05, 0) is 61.6 Å². The molecule has 0 aliphatic heterocycles. The molecule has 0 saturated carbocycles. The molecule has 0 aromatic heterocycles. The van der Waals surface area contributed by atoms with Crippen LogP contribution in [0.4, 0.5) is 0 Å². The Morgan fingerprint density at radius 3 is 1.89 bits per heavy atom. The van der Waals surface area contributed by atoms with Gasteiger partial charge in [0.05, 0.1) is 0 Å². The lowest BCUT2D eigenvalue weighted by molar-refractivity contribution is 0.389. The minimum Gasteiger partial charge on any atom is -0.143 e. The van der Waals surface area contributed by atoms with Crippen LogP contribution in [0.2, 0.25) is 0 Å². The van der Waals surface area contributed by atoms with E-state index >= 15 is 0 Å². The van der Waals surface area contributed by atoms with E-state index in [1.54, 1.807) is 0 Å². The van der Waals surface area contributed by atoms with E-state index in [2.05, 4.69) is 77.6 Å². The summed E-state index contributed by atoms with van der Waals surface area (Å²) in [4.78, 5) is 1.04. The van der Waals surface area contributed by atoms with Gasteiger partial charge in [-0.3, -0.25) is 0 Å². The van der Waals surface area contributed by atoms with Gasteiger partial charge in [0, 0.05) is 4.90 Å². The highest BCUT2D eigenvalue weighted by atomic mass is 32.1. The summed E-state index contributed by atoms with van der Waals surface area (Å²) in [5.74, 6) is 2.66. The summed E-state index contributed by atoms with van der Waals surface area (Å²) in [7, 11) is 0. The van der Waals surface area contributed by atoms with Gasteiger partial charge in [-0.15, -0.1) is 12.6 Å². The van der Waals surface area contributed by atoms with Crippen molar-refractivity contribution < 1.29 is 0 Å². The molecule has 1 heteroatoms. The second kappa shape index (κ2) is 14.3. The topological polar surface area (TPSA) is 0 Å². The van der Waals surface area contributed by atoms with Crippen LogP contribution in [0.15, 0.2) is 40.8 Å². The van der Waals surface area contributed by atoms with Gasteiger partial charge in [-0.1, -0.05) is 96.4 Å². The molecule has 0 unspecified atom stereocenters. The first-order chi connectivity index (χ1) is 12.9. The predicted molar refractivity (Wildman–Crippen MR) is 126 cm³/mol. The van der Waals surface area contributed by atoms with Gasteiger partial charge in [-0.2, -0.15) is 0 Å². The van der Waals surface area contributed by atoms with E-state index in [9.17, 15) is 0 Å². The number of hydrogen-bond donors (Lipinski definition) is 1. The van der Waals surface area contributed by atoms with Crippen molar-refractivity contribution in [3.63, 3.8) is 0 Å². The van der Waals surface area contributed by atoms with Crippen LogP contribution >= 0.6 is 12.6 Å². The number of thiol groups is 1. The van der Waals surface area contributed by atoms with E-state index in [4.69, 9.17) is 0 Å². The molecule has 0 amide bonds. The molecule has 0 fully saturated rings. The van der Waals surface area contributed by atoms with Crippen molar-refractivity contribution in [2.45, 2.75) is 104 Å². The third kappa shape index (κ3) is 13.2. The van der Waals surface area contributed by atoms with Gasteiger partial charge < -0.3 is 0 Å². The molecule has 1 rings (SSSR count). The van der Waals surface area contributed by atoms with Gasteiger partial charge in [0.2, 0.25) is 0 Å². The molecule has 0 bridgehead atoms. The molecule has 0 heterocycles. The Morgan fingerprint density at radius 1 is 0.815 bits per heavy atom. The zero-order valence-electron chi connectivity index (χ0n) is 18.6. The normalized spacial score (nSPS) is 14.6. The van der Waals surface area contributed by atoms with Crippen LogP contribution in [-0.4, -0.2) is 0 Å². The molecule has 0 aliphatic rings. The van der Waals surface area contributed by atoms with E-state index in [0.717, 1.165) is 29.1 Å². The highest BCUT2D eigenvalue weighted by molar-refractivity contribution is 7.80. The molecule has 27 heavy (non-hydrogen) atoms. The predicted octanol–water partition coefficient (Wildman–Crippen LogP) is 8.90. The van der Waals surface area contributed by atoms with Crippen LogP contribution in [0.3, 0.4) is 0 Å². The van der Waals surface area contributed by atoms with Crippen LogP contribution < -0.4 is 0 Å². The summed E-state index contributed by atoms with van der Waals surface area (Å²) < 4.78 is 0. The van der Waals surface area contributed by atoms with E-state index < -0.39 is 0 Å². The maximum Gasteiger partial charge on any atom is 0.00401 e. The second-order valence-corrected chi connectivity index (χ2v) is 9.80. The molecule has 0 N–H and O–H groups in total. The van der Waals surface area contributed by atoms with Crippen molar-refractivity contribution in [3.05, 3.63) is 41.5 Å². The number of benzene rings is 1. The molecular weight excluding hydrogens is 344 g/mol. The Kier molecular flexibility index (Phi) is 12.9. The first kappa shape index (κ1) is 24.3. The fraction of sp³-hybridized carbons (Fsp3) is 0.692. The van der Waals surface area contributed by atoms with Crippen molar-refractivity contribution in [3.8, 4) is 0 Å². The van der Waals surface area contributed by atoms with Crippen molar-refractivity contribution >= 4 is 12.6 Å². The maximum absolute atomic E-state index is 4.35. The minimum atomic E-state index is 0.864. The summed E-state index contributed by atoms with van der Waals surface area (Å²) in [6, 6.07) is 8.51. The number of rotatable bonds is 14. The van der Waals surface area contributed by atoms with Crippen molar-refractivity contribution in [1.82, 2.24) is 0 Å². The Hall–Kier alpha value is -0.690. The zero-order valence-corrected chi connectivity index (χ0v) is 19.5. The Labute approximate surface area is 175 Å². The van der Waals surface area contributed by atoms with Gasteiger partial charge >= 0.3 is 0 Å². The fourth-order valence-electron chi connectivity index (χ4n) is 3.73. The van der Waals surface area contributed by atoms with Gasteiger partial charge in [0.25, 0.3) is 0 Å². The standard InChI is InChI=1S/C26H44S/c1-21(2)9-6-10-22(3)11-7-12-23(4)13-8-14-24(5)15-16-25-17-19-26(27)20-18-25/h15,17-23,27H,6-14,16H2,1-5H3/t22-,23-/m1/s1. The molecule has 154 valence electrons. The SMILES string of the molecule is CC(=CCc1ccc(S)cc1)CCC[C@H](C)CCC[C@H](C)CCCC(C)C. The highest BCUT2D eigenvalue weighted by Gasteiger charge is 2.06. The van der Waals surface area contributed by atoms with Gasteiger partial charge in [-0.25, -0.2) is 0 Å². The van der Waals surface area contributed by atoms with Crippen molar-refractivity contribution in [1.29, 1.82) is 0 Å². The van der Waals surface area contributed by atoms with Gasteiger partial charge in [0.1, 0.15) is 0 Å². The lowest BCUT2D eigenvalue weighted by Crippen LogP contribution is -2.00. The first-order valence-electron chi connectivity index (χ1n) is 11.3. The maximum atomic E-state index is 4.35. The van der Waals surface area contributed by atoms with Crippen LogP contribution in [-0.2, 0) is 6.42 Å². The van der Waals surface area contributed by atoms with Crippen LogP contribution in [0.5, 0.6) is 0 Å². The second-order valence-electron chi connectivity index (χ2n) is 9.28. The van der Waals surface area contributed by atoms with E-state index in [1.807, 2.05) is 0 Å². The number of hydrogen-bond acceptors (Lipinski definition) is 1. The smallest absolute Gasteiger partial charge is 0.00401 e. The largest absolute Gasteiger partial charge is 0.143 e. The molecule has 0 radical (unpaired) electrons. The summed E-state index contributed by atoms with van der Waals surface area (Å²) in [5.41, 5.74) is 2.92. The average Bonchev–Trinajstić information content (AvgIpc) is 2.61. The lowest BCUT2D eigenvalue weighted by atomic mass is 9.91. The molecule has 1 aromatic rings. The Morgan fingerprint density at radius 2 is 1.33 bits per heavy atom. The lowest BCUT2D eigenvalue weighted by Gasteiger charge is -2.15. The zero-order chi connectivity index (χ0) is 20.1. The molecule has 1 aromatic carbocycles. The third-order valence-electron chi connectivity index (χ3n) is 5.76. The van der Waals surface area contributed by atoms with E-state index in [0.29, 0.717) is 0 Å². The summed E-state index contributed by atoms with van der Waals surface area (Å²) in [5, 5.41) is 0. The van der Waals surface area contributed by atoms with Crippen LogP contribution in [0.25, 0.3) is 0 Å². The minimum absolute atomic E-state index is 0.864. The van der Waals surface area contributed by atoms with Crippen LogP contribution in [0.1, 0.15) is 98.0 Å². The monoisotopic (exact) mass is 388 g/mol. The van der Waals surface area contributed by atoms with E-state index in [1.165, 1.54) is 68.9 Å².